The van der Waals surface area contributed by atoms with E-state index < -0.39 is 18.2 Å². The average molecular weight is 357 g/mol. The van der Waals surface area contributed by atoms with Gasteiger partial charge in [0.1, 0.15) is 11.7 Å². The van der Waals surface area contributed by atoms with Crippen LogP contribution in [-0.4, -0.2) is 24.7 Å². The highest BCUT2D eigenvalue weighted by Crippen LogP contribution is 2.30. The van der Waals surface area contributed by atoms with Gasteiger partial charge in [0.05, 0.1) is 6.61 Å². The first-order valence-electron chi connectivity index (χ1n) is 7.73. The van der Waals surface area contributed by atoms with Crippen LogP contribution in [0.25, 0.3) is 0 Å². The Balaban J connectivity index is 2.05. The first kappa shape index (κ1) is 18.8. The molecule has 1 aliphatic carbocycles. The predicted molar refractivity (Wildman–Crippen MR) is 83.7 cm³/mol. The third-order valence-corrected chi connectivity index (χ3v) is 3.67. The molecule has 0 aliphatic heterocycles. The van der Waals surface area contributed by atoms with Crippen LogP contribution in [0.2, 0.25) is 0 Å². The number of ketones is 1. The van der Waals surface area contributed by atoms with Crippen molar-refractivity contribution in [3.05, 3.63) is 36.0 Å². The van der Waals surface area contributed by atoms with E-state index in [2.05, 4.69) is 10.1 Å². The minimum Gasteiger partial charge on any atom is -0.465 e. The molecule has 2 unspecified atom stereocenters. The van der Waals surface area contributed by atoms with Crippen LogP contribution >= 0.6 is 0 Å². The Morgan fingerprint density at radius 3 is 2.44 bits per heavy atom. The first-order chi connectivity index (χ1) is 11.7. The Kier molecular flexibility index (Phi) is 5.71. The fourth-order valence-corrected chi connectivity index (χ4v) is 2.66. The molecule has 1 aliphatic rings. The Morgan fingerprint density at radius 1 is 1.28 bits per heavy atom. The number of alkyl halides is 3. The van der Waals surface area contributed by atoms with Crippen molar-refractivity contribution in [2.24, 2.45) is 11.8 Å². The van der Waals surface area contributed by atoms with Gasteiger partial charge in [0.25, 0.3) is 0 Å². The molecule has 0 bridgehead atoms. The molecule has 1 aromatic carbocycles. The zero-order valence-corrected chi connectivity index (χ0v) is 13.7. The zero-order valence-electron chi connectivity index (χ0n) is 13.7. The number of allylic oxidation sites excluding steroid dienone is 2. The molecule has 136 valence electrons. The van der Waals surface area contributed by atoms with Gasteiger partial charge >= 0.3 is 12.3 Å². The molecule has 0 radical (unpaired) electrons. The average Bonchev–Trinajstić information content (AvgIpc) is 2.47. The van der Waals surface area contributed by atoms with Crippen LogP contribution in [0.4, 0.5) is 18.9 Å². The highest BCUT2D eigenvalue weighted by molar-refractivity contribution is 6.06. The van der Waals surface area contributed by atoms with Crippen molar-refractivity contribution in [3.63, 3.8) is 0 Å². The number of benzene rings is 1. The van der Waals surface area contributed by atoms with E-state index in [1.54, 1.807) is 13.8 Å². The molecule has 0 saturated heterocycles. The number of esters is 1. The van der Waals surface area contributed by atoms with Gasteiger partial charge in [0.15, 0.2) is 5.78 Å². The predicted octanol–water partition coefficient (Wildman–Crippen LogP) is 3.67. The molecule has 5 nitrogen and oxygen atoms in total. The number of hydrogen-bond donors (Lipinski definition) is 1. The summed E-state index contributed by atoms with van der Waals surface area (Å²) in [7, 11) is 0. The van der Waals surface area contributed by atoms with E-state index in [4.69, 9.17) is 4.74 Å². The second kappa shape index (κ2) is 7.58. The summed E-state index contributed by atoms with van der Waals surface area (Å²) < 4.78 is 45.1. The molecule has 8 heteroatoms. The second-order valence-electron chi connectivity index (χ2n) is 5.68. The number of carbonyl (C=O) groups is 2. The smallest absolute Gasteiger partial charge is 0.465 e. The Hall–Kier alpha value is -2.51. The van der Waals surface area contributed by atoms with Crippen molar-refractivity contribution in [1.82, 2.24) is 0 Å². The molecule has 0 fully saturated rings. The Labute approximate surface area is 142 Å². The van der Waals surface area contributed by atoms with E-state index in [0.717, 1.165) is 0 Å². The molecule has 0 aromatic heterocycles. The van der Waals surface area contributed by atoms with Crippen molar-refractivity contribution >= 4 is 17.4 Å². The van der Waals surface area contributed by atoms with Crippen LogP contribution in [0.1, 0.15) is 20.3 Å². The monoisotopic (exact) mass is 357 g/mol. The standard InChI is InChI=1S/C17H18F3NO4/c1-3-24-16(23)15-10(2)8-12(9-14(15)22)21-11-4-6-13(7-5-11)25-17(18,19)20/h4-7,9-10,15,21H,3,8H2,1-2H3. The van der Waals surface area contributed by atoms with Crippen LogP contribution in [0.5, 0.6) is 5.75 Å². The summed E-state index contributed by atoms with van der Waals surface area (Å²) in [6.45, 7) is 3.65. The summed E-state index contributed by atoms with van der Waals surface area (Å²) in [4.78, 5) is 24.0. The molecule has 0 amide bonds. The summed E-state index contributed by atoms with van der Waals surface area (Å²) in [5.74, 6) is -2.29. The van der Waals surface area contributed by atoms with Gasteiger partial charge in [-0.2, -0.15) is 0 Å². The SMILES string of the molecule is CCOC(=O)C1C(=O)C=C(Nc2ccc(OC(F)(F)F)cc2)CC1C. The summed E-state index contributed by atoms with van der Waals surface area (Å²) >= 11 is 0. The maximum Gasteiger partial charge on any atom is 0.573 e. The third kappa shape index (κ3) is 5.23. The van der Waals surface area contributed by atoms with Gasteiger partial charge in [0, 0.05) is 17.5 Å². The van der Waals surface area contributed by atoms with E-state index in [-0.39, 0.29) is 24.1 Å². The molecule has 0 spiro atoms. The number of halogens is 3. The normalized spacial score (nSPS) is 20.7. The fourth-order valence-electron chi connectivity index (χ4n) is 2.66. The summed E-state index contributed by atoms with van der Waals surface area (Å²) in [6, 6.07) is 5.17. The molecular weight excluding hydrogens is 339 g/mol. The Bertz CT molecular complexity index is 667. The van der Waals surface area contributed by atoms with Gasteiger partial charge in [-0.1, -0.05) is 6.92 Å². The lowest BCUT2D eigenvalue weighted by atomic mass is 9.82. The van der Waals surface area contributed by atoms with Gasteiger partial charge in [-0.3, -0.25) is 9.59 Å². The fraction of sp³-hybridized carbons (Fsp3) is 0.412. The largest absolute Gasteiger partial charge is 0.573 e. The van der Waals surface area contributed by atoms with Gasteiger partial charge < -0.3 is 14.8 Å². The van der Waals surface area contributed by atoms with E-state index >= 15 is 0 Å². The number of nitrogens with one attached hydrogen (secondary N) is 1. The topological polar surface area (TPSA) is 64.6 Å². The maximum absolute atomic E-state index is 12.2. The van der Waals surface area contributed by atoms with E-state index in [0.29, 0.717) is 17.8 Å². The summed E-state index contributed by atoms with van der Waals surface area (Å²) in [5.41, 5.74) is 1.10. The van der Waals surface area contributed by atoms with E-state index in [1.165, 1.54) is 30.3 Å². The molecule has 1 N–H and O–H groups in total. The van der Waals surface area contributed by atoms with Crippen LogP contribution in [0.3, 0.4) is 0 Å². The summed E-state index contributed by atoms with van der Waals surface area (Å²) in [6.07, 6.45) is -2.97. The van der Waals surface area contributed by atoms with Gasteiger partial charge in [-0.05, 0) is 43.5 Å². The summed E-state index contributed by atoms with van der Waals surface area (Å²) in [5, 5.41) is 2.97. The number of hydrogen-bond acceptors (Lipinski definition) is 5. The lowest BCUT2D eigenvalue weighted by Gasteiger charge is -2.26. The van der Waals surface area contributed by atoms with E-state index in [1.807, 2.05) is 0 Å². The molecule has 0 saturated carbocycles. The third-order valence-electron chi connectivity index (χ3n) is 3.67. The molecule has 1 aromatic rings. The molecular formula is C17H18F3NO4. The van der Waals surface area contributed by atoms with Crippen LogP contribution in [0.15, 0.2) is 36.0 Å². The van der Waals surface area contributed by atoms with Gasteiger partial charge in [0.2, 0.25) is 0 Å². The first-order valence-corrected chi connectivity index (χ1v) is 7.73. The van der Waals surface area contributed by atoms with Crippen molar-refractivity contribution < 1.29 is 32.2 Å². The van der Waals surface area contributed by atoms with Crippen molar-refractivity contribution in [3.8, 4) is 5.75 Å². The van der Waals surface area contributed by atoms with Crippen LogP contribution < -0.4 is 10.1 Å². The van der Waals surface area contributed by atoms with Crippen LogP contribution in [-0.2, 0) is 14.3 Å². The van der Waals surface area contributed by atoms with Crippen molar-refractivity contribution in [2.75, 3.05) is 11.9 Å². The lowest BCUT2D eigenvalue weighted by molar-refractivity contribution is -0.274. The number of anilines is 1. The minimum absolute atomic E-state index is 0.205. The number of carbonyl (C=O) groups excluding carboxylic acids is 2. The number of rotatable bonds is 5. The maximum atomic E-state index is 12.2. The van der Waals surface area contributed by atoms with E-state index in [9.17, 15) is 22.8 Å². The lowest BCUT2D eigenvalue weighted by Crippen LogP contribution is -2.34. The zero-order chi connectivity index (χ0) is 18.6. The minimum atomic E-state index is -4.75. The Morgan fingerprint density at radius 2 is 1.92 bits per heavy atom. The van der Waals surface area contributed by atoms with Gasteiger partial charge in [-0.15, -0.1) is 13.2 Å². The number of ether oxygens (including phenoxy) is 2. The van der Waals surface area contributed by atoms with Gasteiger partial charge in [-0.25, -0.2) is 0 Å². The molecule has 2 rings (SSSR count). The van der Waals surface area contributed by atoms with Crippen molar-refractivity contribution in [1.29, 1.82) is 0 Å². The highest BCUT2D eigenvalue weighted by Gasteiger charge is 2.36. The molecule has 25 heavy (non-hydrogen) atoms. The van der Waals surface area contributed by atoms with Crippen molar-refractivity contribution in [2.45, 2.75) is 26.6 Å². The molecule has 2 atom stereocenters. The highest BCUT2D eigenvalue weighted by atomic mass is 19.4. The quantitative estimate of drug-likeness (QED) is 0.643. The second-order valence-corrected chi connectivity index (χ2v) is 5.68. The van der Waals surface area contributed by atoms with Crippen LogP contribution in [0, 0.1) is 11.8 Å². The molecule has 0 heterocycles.